The van der Waals surface area contributed by atoms with Crippen molar-refractivity contribution < 1.29 is 21.6 Å². The number of para-hydroxylation sites is 2. The summed E-state index contributed by atoms with van der Waals surface area (Å²) in [5.74, 6) is -0.524. The number of amides is 1. The highest BCUT2D eigenvalue weighted by Crippen LogP contribution is 2.23. The number of benzene rings is 3. The van der Waals surface area contributed by atoms with Crippen molar-refractivity contribution in [1.82, 2.24) is 0 Å². The summed E-state index contributed by atoms with van der Waals surface area (Å²) >= 11 is 0. The van der Waals surface area contributed by atoms with E-state index in [-0.39, 0.29) is 16.1 Å². The van der Waals surface area contributed by atoms with Crippen LogP contribution in [-0.2, 0) is 20.0 Å². The van der Waals surface area contributed by atoms with Gasteiger partial charge in [-0.3, -0.25) is 13.8 Å². The zero-order valence-corrected chi connectivity index (χ0v) is 18.4. The first kappa shape index (κ1) is 22.3. The Morgan fingerprint density at radius 1 is 0.774 bits per heavy atom. The summed E-state index contributed by atoms with van der Waals surface area (Å²) in [4.78, 5) is 12.8. The van der Waals surface area contributed by atoms with Crippen LogP contribution in [0.4, 0.5) is 17.1 Å². The van der Waals surface area contributed by atoms with Crippen LogP contribution in [0.5, 0.6) is 0 Å². The molecule has 0 fully saturated rings. The minimum Gasteiger partial charge on any atom is -0.322 e. The lowest BCUT2D eigenvalue weighted by Crippen LogP contribution is -2.27. The maximum absolute atomic E-state index is 12.7. The minimum absolute atomic E-state index is 0.0339. The molecule has 0 bridgehead atoms. The summed E-state index contributed by atoms with van der Waals surface area (Å²) in [6.07, 6.45) is 1.05. The van der Waals surface area contributed by atoms with E-state index < -0.39 is 26.0 Å². The van der Waals surface area contributed by atoms with Gasteiger partial charge in [0.1, 0.15) is 0 Å². The highest BCUT2D eigenvalue weighted by atomic mass is 32.2. The van der Waals surface area contributed by atoms with Gasteiger partial charge in [-0.2, -0.15) is 0 Å². The van der Waals surface area contributed by atoms with E-state index in [1.54, 1.807) is 42.5 Å². The summed E-state index contributed by atoms with van der Waals surface area (Å²) in [6.45, 7) is 0. The van der Waals surface area contributed by atoms with Crippen LogP contribution in [0.25, 0.3) is 0 Å². The monoisotopic (exact) mass is 459 g/mol. The highest BCUT2D eigenvalue weighted by molar-refractivity contribution is 7.92. The molecule has 8 nitrogen and oxygen atoms in total. The fraction of sp³-hybridized carbons (Fsp3) is 0.0952. The van der Waals surface area contributed by atoms with E-state index in [1.807, 2.05) is 0 Å². The summed E-state index contributed by atoms with van der Waals surface area (Å²) < 4.78 is 52.2. The maximum Gasteiger partial charge on any atom is 0.261 e. The molecule has 3 aromatic rings. The van der Waals surface area contributed by atoms with Crippen LogP contribution in [0.3, 0.4) is 0 Å². The average Bonchev–Trinajstić information content (AvgIpc) is 2.73. The highest BCUT2D eigenvalue weighted by Gasteiger charge is 2.20. The van der Waals surface area contributed by atoms with Gasteiger partial charge in [0.25, 0.3) is 15.9 Å². The third-order valence-electron chi connectivity index (χ3n) is 4.43. The number of hydrogen-bond donors (Lipinski definition) is 2. The number of anilines is 3. The van der Waals surface area contributed by atoms with Gasteiger partial charge in [-0.1, -0.05) is 30.3 Å². The van der Waals surface area contributed by atoms with Crippen LogP contribution in [0, 0.1) is 0 Å². The van der Waals surface area contributed by atoms with E-state index in [0.717, 1.165) is 10.6 Å². The normalized spacial score (nSPS) is 11.5. The molecule has 0 aliphatic heterocycles. The second-order valence-electron chi connectivity index (χ2n) is 6.70. The zero-order valence-electron chi connectivity index (χ0n) is 16.8. The topological polar surface area (TPSA) is 113 Å². The van der Waals surface area contributed by atoms with Crippen molar-refractivity contribution in [1.29, 1.82) is 0 Å². The van der Waals surface area contributed by atoms with Gasteiger partial charge in [0.05, 0.1) is 22.4 Å². The molecular formula is C21H21N3O5S2. The van der Waals surface area contributed by atoms with Crippen LogP contribution in [-0.4, -0.2) is 36.0 Å². The fourth-order valence-electron chi connectivity index (χ4n) is 2.76. The number of carbonyl (C=O) groups is 1. The molecule has 0 aromatic heterocycles. The first-order valence-electron chi connectivity index (χ1n) is 9.10. The third-order valence-corrected chi connectivity index (χ3v) is 7.02. The van der Waals surface area contributed by atoms with Crippen molar-refractivity contribution in [2.45, 2.75) is 4.90 Å². The summed E-state index contributed by atoms with van der Waals surface area (Å²) in [5.41, 5.74) is 1.19. The molecule has 0 aliphatic carbocycles. The number of hydrogen-bond acceptors (Lipinski definition) is 5. The van der Waals surface area contributed by atoms with E-state index in [0.29, 0.717) is 11.4 Å². The Morgan fingerprint density at radius 2 is 1.35 bits per heavy atom. The van der Waals surface area contributed by atoms with E-state index in [9.17, 15) is 21.6 Å². The van der Waals surface area contributed by atoms with Crippen molar-refractivity contribution in [3.63, 3.8) is 0 Å². The van der Waals surface area contributed by atoms with Crippen molar-refractivity contribution in [3.05, 3.63) is 84.4 Å². The molecule has 3 rings (SSSR count). The lowest BCUT2D eigenvalue weighted by molar-refractivity contribution is 0.102. The van der Waals surface area contributed by atoms with Crippen LogP contribution in [0.2, 0.25) is 0 Å². The van der Waals surface area contributed by atoms with Gasteiger partial charge in [0.15, 0.2) is 0 Å². The molecule has 0 saturated heterocycles. The molecule has 10 heteroatoms. The molecule has 1 amide bonds. The number of nitrogens with one attached hydrogen (secondary N) is 2. The number of nitrogens with zero attached hydrogens (tertiary/aromatic N) is 1. The molecule has 2 N–H and O–H groups in total. The Hall–Kier alpha value is -3.37. The van der Waals surface area contributed by atoms with Gasteiger partial charge < -0.3 is 5.32 Å². The smallest absolute Gasteiger partial charge is 0.261 e. The number of carbonyl (C=O) groups excluding carboxylic acids is 1. The molecule has 0 radical (unpaired) electrons. The van der Waals surface area contributed by atoms with Crippen LogP contribution >= 0.6 is 0 Å². The van der Waals surface area contributed by atoms with Crippen LogP contribution in [0.1, 0.15) is 10.4 Å². The Balaban J connectivity index is 1.79. The molecule has 3 aromatic carbocycles. The van der Waals surface area contributed by atoms with E-state index in [4.69, 9.17) is 0 Å². The molecule has 0 unspecified atom stereocenters. The minimum atomic E-state index is -3.78. The quantitative estimate of drug-likeness (QED) is 0.564. The van der Waals surface area contributed by atoms with Crippen molar-refractivity contribution in [2.75, 3.05) is 27.6 Å². The molecule has 0 heterocycles. The summed E-state index contributed by atoms with van der Waals surface area (Å²) in [6, 6.07) is 20.4. The van der Waals surface area contributed by atoms with Crippen molar-refractivity contribution >= 4 is 43.0 Å². The number of rotatable bonds is 7. The second kappa shape index (κ2) is 8.78. The standard InChI is InChI=1S/C21H21N3O5S2/c1-24(30(2,26)27)20-11-7-6-10-19(20)21(25)22-16-12-14-18(15-13-16)31(28,29)23-17-8-4-3-5-9-17/h3-15,23H,1-2H3,(H,22,25). The van der Waals surface area contributed by atoms with Crippen molar-refractivity contribution in [3.8, 4) is 0 Å². The zero-order chi connectivity index (χ0) is 22.6. The molecule has 0 atom stereocenters. The predicted octanol–water partition coefficient (Wildman–Crippen LogP) is 3.14. The molecule has 0 saturated carbocycles. The van der Waals surface area contributed by atoms with Crippen LogP contribution < -0.4 is 14.3 Å². The lowest BCUT2D eigenvalue weighted by atomic mass is 10.1. The average molecular weight is 460 g/mol. The first-order chi connectivity index (χ1) is 14.6. The Kier molecular flexibility index (Phi) is 6.32. The van der Waals surface area contributed by atoms with Crippen LogP contribution in [0.15, 0.2) is 83.8 Å². The van der Waals surface area contributed by atoms with Gasteiger partial charge in [0, 0.05) is 18.4 Å². The number of sulfonamides is 2. The Morgan fingerprint density at radius 3 is 1.97 bits per heavy atom. The molecular weight excluding hydrogens is 438 g/mol. The van der Waals surface area contributed by atoms with Gasteiger partial charge in [-0.25, -0.2) is 16.8 Å². The Labute approximate surface area is 181 Å². The SMILES string of the molecule is CN(c1ccccc1C(=O)Nc1ccc(S(=O)(=O)Nc2ccccc2)cc1)S(C)(=O)=O. The van der Waals surface area contributed by atoms with Gasteiger partial charge in [0.2, 0.25) is 10.0 Å². The van der Waals surface area contributed by atoms with Crippen molar-refractivity contribution in [2.24, 2.45) is 0 Å². The van der Waals surface area contributed by atoms with Gasteiger partial charge >= 0.3 is 0 Å². The largest absolute Gasteiger partial charge is 0.322 e. The van der Waals surface area contributed by atoms with Gasteiger partial charge in [-0.05, 0) is 48.5 Å². The van der Waals surface area contributed by atoms with E-state index in [2.05, 4.69) is 10.0 Å². The molecule has 162 valence electrons. The molecule has 31 heavy (non-hydrogen) atoms. The second-order valence-corrected chi connectivity index (χ2v) is 10.4. The molecule has 0 aliphatic rings. The molecule has 0 spiro atoms. The van der Waals surface area contributed by atoms with E-state index in [1.165, 1.54) is 43.4 Å². The summed E-state index contributed by atoms with van der Waals surface area (Å²) in [7, 11) is -5.97. The third kappa shape index (κ3) is 5.41. The van der Waals surface area contributed by atoms with Gasteiger partial charge in [-0.15, -0.1) is 0 Å². The summed E-state index contributed by atoms with van der Waals surface area (Å²) in [5, 5.41) is 2.66. The fourth-order valence-corrected chi connectivity index (χ4v) is 4.33. The predicted molar refractivity (Wildman–Crippen MR) is 121 cm³/mol. The van der Waals surface area contributed by atoms with E-state index >= 15 is 0 Å². The maximum atomic E-state index is 12.7. The Bertz CT molecular complexity index is 1290. The first-order valence-corrected chi connectivity index (χ1v) is 12.4. The lowest BCUT2D eigenvalue weighted by Gasteiger charge is -2.19.